The molecular formula is C109H90N2. The maximum absolute atomic E-state index is 2.73. The van der Waals surface area contributed by atoms with E-state index in [0.29, 0.717) is 0 Å². The Bertz CT molecular complexity index is 6320. The first-order valence-electron chi connectivity index (χ1n) is 40.0. The fourth-order valence-corrected chi connectivity index (χ4v) is 22.1. The highest BCUT2D eigenvalue weighted by molar-refractivity contribution is 6.13. The number of nitrogens with zero attached hydrogens (tertiary/aromatic N) is 2. The van der Waals surface area contributed by atoms with Crippen molar-refractivity contribution in [1.82, 2.24) is 0 Å². The van der Waals surface area contributed by atoms with Crippen LogP contribution in [0.4, 0.5) is 34.1 Å². The standard InChI is InChI=1S/C109H90N2/c1-65-53-59-71(60-54-65)111(103-100-93(77-40-21-28-49-85(77)107(100,8)9)90(68-35-18-15-19-36-68)94-78-41-22-29-50-86(78)108(10,11)101(94)103)89-52-32-51-87-92(89)81-45-31-44-74(97(81)109(87,12)13)67-55-57-69(58-56-67)91-95-79-42-23-26-47-83(79)105(4,5)98(95)102(99-96(91)80-43-24-27-48-84(80)106(99,6)7)110(72-38-30-37-70(63-72)66-33-16-14-17-34-66)73-61-62-76-75-39-20-25-46-82(75)104(2,3)88(76)64-73/h14-64H,1-13H3. The predicted octanol–water partition coefficient (Wildman–Crippen LogP) is 29.4. The molecule has 0 aliphatic heterocycles. The van der Waals surface area contributed by atoms with Gasteiger partial charge in [0.05, 0.1) is 17.1 Å². The van der Waals surface area contributed by atoms with Crippen molar-refractivity contribution in [3.8, 4) is 111 Å². The summed E-state index contributed by atoms with van der Waals surface area (Å²) in [5.74, 6) is 0. The Morgan fingerprint density at radius 3 is 1.05 bits per heavy atom. The molecule has 0 unspecified atom stereocenters. The molecule has 0 saturated heterocycles. The van der Waals surface area contributed by atoms with Gasteiger partial charge in [-0.1, -0.05) is 356 Å². The van der Waals surface area contributed by atoms with Crippen molar-refractivity contribution >= 4 is 34.1 Å². The van der Waals surface area contributed by atoms with Crippen molar-refractivity contribution in [2.24, 2.45) is 0 Å². The second-order valence-electron chi connectivity index (χ2n) is 35.4. The van der Waals surface area contributed by atoms with Crippen molar-refractivity contribution in [3.63, 3.8) is 0 Å². The van der Waals surface area contributed by atoms with Crippen LogP contribution in [0, 0.1) is 6.92 Å². The van der Waals surface area contributed by atoms with E-state index in [9.17, 15) is 0 Å². The molecule has 21 rings (SSSR count). The van der Waals surface area contributed by atoms with Crippen LogP contribution in [0.5, 0.6) is 0 Å². The van der Waals surface area contributed by atoms with Crippen LogP contribution in [0.25, 0.3) is 111 Å². The van der Waals surface area contributed by atoms with E-state index < -0.39 is 16.2 Å². The minimum absolute atomic E-state index is 0.218. The lowest BCUT2D eigenvalue weighted by molar-refractivity contribution is 0.640. The smallest absolute Gasteiger partial charge is 0.0556 e. The lowest BCUT2D eigenvalue weighted by atomic mass is 9.73. The van der Waals surface area contributed by atoms with Crippen LogP contribution < -0.4 is 9.80 Å². The summed E-state index contributed by atoms with van der Waals surface area (Å²) in [4.78, 5) is 5.42. The number of hydrogen-bond acceptors (Lipinski definition) is 2. The average Bonchev–Trinajstić information content (AvgIpc) is 1.52. The Morgan fingerprint density at radius 1 is 0.189 bits per heavy atom. The van der Waals surface area contributed by atoms with E-state index in [1.165, 1.54) is 201 Å². The minimum Gasteiger partial charge on any atom is -0.310 e. The molecule has 2 nitrogen and oxygen atoms in total. The Labute approximate surface area is 655 Å². The van der Waals surface area contributed by atoms with Crippen molar-refractivity contribution in [2.45, 2.75) is 122 Å². The third kappa shape index (κ3) is 9.14. The van der Waals surface area contributed by atoms with Gasteiger partial charge < -0.3 is 9.80 Å². The molecule has 0 heterocycles. The molecule has 0 saturated carbocycles. The first kappa shape index (κ1) is 67.0. The predicted molar refractivity (Wildman–Crippen MR) is 468 cm³/mol. The zero-order valence-electron chi connectivity index (χ0n) is 65.8. The Morgan fingerprint density at radius 2 is 0.541 bits per heavy atom. The van der Waals surface area contributed by atoms with Gasteiger partial charge in [0.2, 0.25) is 0 Å². The van der Waals surface area contributed by atoms with E-state index in [1.807, 2.05) is 0 Å². The highest BCUT2D eigenvalue weighted by Crippen LogP contribution is 2.70. The second kappa shape index (κ2) is 23.5. The molecule has 536 valence electrons. The van der Waals surface area contributed by atoms with Gasteiger partial charge in [0.1, 0.15) is 0 Å². The molecule has 0 N–H and O–H groups in total. The highest BCUT2D eigenvalue weighted by atomic mass is 15.2. The van der Waals surface area contributed by atoms with Crippen LogP contribution in [0.15, 0.2) is 309 Å². The first-order chi connectivity index (χ1) is 53.6. The van der Waals surface area contributed by atoms with Crippen molar-refractivity contribution < 1.29 is 0 Å². The molecule has 0 radical (unpaired) electrons. The lowest BCUT2D eigenvalue weighted by Crippen LogP contribution is -2.26. The van der Waals surface area contributed by atoms with E-state index in [1.54, 1.807) is 0 Å². The van der Waals surface area contributed by atoms with Gasteiger partial charge >= 0.3 is 0 Å². The maximum Gasteiger partial charge on any atom is 0.0556 e. The Hall–Kier alpha value is -12.1. The fraction of sp³-hybridized carbons (Fsp3) is 0.174. The normalized spacial score (nSPS) is 15.9. The summed E-state index contributed by atoms with van der Waals surface area (Å²) in [7, 11) is 0. The molecule has 6 aliphatic rings. The molecule has 0 spiro atoms. The quantitative estimate of drug-likeness (QED) is 0.135. The van der Waals surface area contributed by atoms with Crippen LogP contribution in [0.2, 0.25) is 0 Å². The maximum atomic E-state index is 2.73. The molecule has 6 aliphatic carbocycles. The number of rotatable bonds is 10. The van der Waals surface area contributed by atoms with Crippen LogP contribution in [-0.4, -0.2) is 0 Å². The van der Waals surface area contributed by atoms with Crippen molar-refractivity contribution in [2.75, 3.05) is 9.80 Å². The van der Waals surface area contributed by atoms with Gasteiger partial charge in [0.25, 0.3) is 0 Å². The average molecular weight is 1430 g/mol. The largest absolute Gasteiger partial charge is 0.310 e. The summed E-state index contributed by atoms with van der Waals surface area (Å²) in [6.07, 6.45) is 0. The van der Waals surface area contributed by atoms with Crippen LogP contribution in [0.3, 0.4) is 0 Å². The molecule has 0 atom stereocenters. The van der Waals surface area contributed by atoms with E-state index in [2.05, 4.69) is 409 Å². The molecule has 15 aromatic carbocycles. The zero-order valence-corrected chi connectivity index (χ0v) is 65.8. The minimum atomic E-state index is -0.426. The van der Waals surface area contributed by atoms with E-state index >= 15 is 0 Å². The molecular weight excluding hydrogens is 1340 g/mol. The summed E-state index contributed by atoms with van der Waals surface area (Å²) in [5, 5.41) is 0. The molecule has 0 fully saturated rings. The zero-order chi connectivity index (χ0) is 75.7. The lowest BCUT2D eigenvalue weighted by Gasteiger charge is -2.39. The van der Waals surface area contributed by atoms with Gasteiger partial charge in [0, 0.05) is 55.1 Å². The van der Waals surface area contributed by atoms with E-state index in [0.717, 1.165) is 17.1 Å². The van der Waals surface area contributed by atoms with Gasteiger partial charge in [-0.15, -0.1) is 0 Å². The molecule has 15 aromatic rings. The van der Waals surface area contributed by atoms with E-state index in [-0.39, 0.29) is 16.2 Å². The molecule has 0 aromatic heterocycles. The van der Waals surface area contributed by atoms with Gasteiger partial charge in [-0.25, -0.2) is 0 Å². The second-order valence-corrected chi connectivity index (χ2v) is 35.4. The number of benzene rings is 15. The fourth-order valence-electron chi connectivity index (χ4n) is 22.1. The summed E-state index contributed by atoms with van der Waals surface area (Å²) in [6.45, 7) is 32.0. The van der Waals surface area contributed by atoms with E-state index in [4.69, 9.17) is 0 Å². The monoisotopic (exact) mass is 1430 g/mol. The van der Waals surface area contributed by atoms with Crippen LogP contribution in [0.1, 0.15) is 155 Å². The molecule has 2 heteroatoms. The highest BCUT2D eigenvalue weighted by Gasteiger charge is 2.53. The molecule has 0 amide bonds. The Balaban J connectivity index is 0.784. The summed E-state index contributed by atoms with van der Waals surface area (Å²) in [6, 6.07) is 119. The number of aryl methyl sites for hydroxylation is 1. The van der Waals surface area contributed by atoms with Crippen LogP contribution >= 0.6 is 0 Å². The number of fused-ring (bicyclic) bond motifs is 18. The first-order valence-corrected chi connectivity index (χ1v) is 40.0. The number of hydrogen-bond donors (Lipinski definition) is 0. The van der Waals surface area contributed by atoms with Crippen LogP contribution in [-0.2, 0) is 32.5 Å². The molecule has 0 bridgehead atoms. The van der Waals surface area contributed by atoms with Gasteiger partial charge in [0.15, 0.2) is 0 Å². The summed E-state index contributed by atoms with van der Waals surface area (Å²) < 4.78 is 0. The third-order valence-electron chi connectivity index (χ3n) is 27.2. The number of anilines is 6. The summed E-state index contributed by atoms with van der Waals surface area (Å²) in [5.41, 5.74) is 48.1. The summed E-state index contributed by atoms with van der Waals surface area (Å²) >= 11 is 0. The van der Waals surface area contributed by atoms with Crippen molar-refractivity contribution in [1.29, 1.82) is 0 Å². The van der Waals surface area contributed by atoms with Gasteiger partial charge in [-0.3, -0.25) is 0 Å². The third-order valence-corrected chi connectivity index (χ3v) is 27.2. The SMILES string of the molecule is Cc1ccc(N(c2cccc3c2-c2cccc(-c4ccc(-c5c6c(c(N(c7cccc(-c8ccccc8)c7)c7ccc8c(c7)C(C)(C)c7ccccc7-8)c7c5-c5ccccc5C7(C)C)C(C)(C)c5ccccc5-6)cc4)c2C3(C)C)c2c3c(c(-c4ccccc4)c4c2C(C)(C)c2ccccc2-4)-c2ccccc2C3(C)C)cc1. The van der Waals surface area contributed by atoms with Crippen molar-refractivity contribution in [3.05, 3.63) is 382 Å². The molecule has 111 heavy (non-hydrogen) atoms. The topological polar surface area (TPSA) is 6.48 Å². The van der Waals surface area contributed by atoms with Gasteiger partial charge in [-0.2, -0.15) is 0 Å². The Kier molecular flexibility index (Phi) is 14.2. The van der Waals surface area contributed by atoms with Gasteiger partial charge in [-0.05, 0) is 222 Å².